The fourth-order valence-corrected chi connectivity index (χ4v) is 4.23. The molecule has 5 rings (SSSR count). The smallest absolute Gasteiger partial charge is 0.321 e. The van der Waals surface area contributed by atoms with Gasteiger partial charge in [0.25, 0.3) is 11.8 Å². The molecule has 1 aliphatic rings. The second-order valence-electron chi connectivity index (χ2n) is 8.76. The average molecular weight is 501 g/mol. The van der Waals surface area contributed by atoms with Crippen molar-refractivity contribution in [2.75, 3.05) is 18.4 Å². The van der Waals surface area contributed by atoms with E-state index >= 15 is 0 Å². The molecule has 36 heavy (non-hydrogen) atoms. The number of amides is 1. The summed E-state index contributed by atoms with van der Waals surface area (Å²) in [4.78, 5) is 18.8. The van der Waals surface area contributed by atoms with Crippen molar-refractivity contribution in [2.45, 2.75) is 25.1 Å². The van der Waals surface area contributed by atoms with Gasteiger partial charge >= 0.3 is 6.18 Å². The highest BCUT2D eigenvalue weighted by Gasteiger charge is 2.38. The number of aromatic amines is 1. The van der Waals surface area contributed by atoms with E-state index in [-0.39, 0.29) is 24.3 Å². The van der Waals surface area contributed by atoms with Gasteiger partial charge in [0.2, 0.25) is 0 Å². The van der Waals surface area contributed by atoms with Crippen molar-refractivity contribution in [1.82, 2.24) is 20.1 Å². The molecule has 1 saturated heterocycles. The van der Waals surface area contributed by atoms with Crippen LogP contribution >= 0.6 is 0 Å². The van der Waals surface area contributed by atoms with Gasteiger partial charge in [-0.1, -0.05) is 6.07 Å². The largest absolute Gasteiger partial charge is 0.416 e. The van der Waals surface area contributed by atoms with Crippen molar-refractivity contribution in [3.05, 3.63) is 77.7 Å². The number of pyridine rings is 1. The fourth-order valence-electron chi connectivity index (χ4n) is 4.23. The zero-order chi connectivity index (χ0) is 25.5. The summed E-state index contributed by atoms with van der Waals surface area (Å²) in [5.41, 5.74) is 2.34. The molecule has 11 heteroatoms. The van der Waals surface area contributed by atoms with Crippen molar-refractivity contribution >= 4 is 22.5 Å². The van der Waals surface area contributed by atoms with E-state index in [1.54, 1.807) is 29.4 Å². The first-order valence-corrected chi connectivity index (χ1v) is 11.1. The molecule has 1 fully saturated rings. The van der Waals surface area contributed by atoms with Crippen LogP contribution in [0.1, 0.15) is 28.0 Å². The molecule has 1 aliphatic heterocycles. The Kier molecular flexibility index (Phi) is 5.95. The minimum Gasteiger partial charge on any atom is -0.321 e. The Balaban J connectivity index is 1.36. The highest BCUT2D eigenvalue weighted by atomic mass is 19.4. The number of H-pyrrole nitrogens is 1. The number of alkyl halides is 5. The van der Waals surface area contributed by atoms with Crippen molar-refractivity contribution in [1.29, 1.82) is 0 Å². The predicted octanol–water partition coefficient (Wildman–Crippen LogP) is 5.74. The van der Waals surface area contributed by atoms with Crippen molar-refractivity contribution in [3.63, 3.8) is 0 Å². The molecule has 0 atom stereocenters. The lowest BCUT2D eigenvalue weighted by atomic mass is 10.0. The number of carbonyl (C=O) groups excluding carboxylic acids is 1. The molecule has 0 unspecified atom stereocenters. The summed E-state index contributed by atoms with van der Waals surface area (Å²) < 4.78 is 65.4. The molecular formula is C25H20F5N5O. The summed E-state index contributed by atoms with van der Waals surface area (Å²) in [6, 6.07) is 11.3. The summed E-state index contributed by atoms with van der Waals surface area (Å²) in [5.74, 6) is -3.26. The number of rotatable bonds is 5. The van der Waals surface area contributed by atoms with Crippen LogP contribution in [0.4, 0.5) is 27.6 Å². The zero-order valence-corrected chi connectivity index (χ0v) is 18.7. The third-order valence-electron chi connectivity index (χ3n) is 6.03. The lowest BCUT2D eigenvalue weighted by Crippen LogP contribution is -2.24. The number of hydrogen-bond acceptors (Lipinski definition) is 4. The van der Waals surface area contributed by atoms with E-state index in [9.17, 15) is 26.7 Å². The Morgan fingerprint density at radius 3 is 2.53 bits per heavy atom. The van der Waals surface area contributed by atoms with E-state index in [0.29, 0.717) is 24.0 Å². The number of anilines is 1. The number of benzene rings is 2. The SMILES string of the molecule is O=C(Nc1ccc(C(F)(F)F)cc1)c1n[nH]c2ccc(-c3cncc(CN4CCC(F)(F)C4)c3)cc12. The first kappa shape index (κ1) is 23.9. The number of likely N-dealkylation sites (tertiary alicyclic amines) is 1. The van der Waals surface area contributed by atoms with Crippen LogP contribution in [0.5, 0.6) is 0 Å². The van der Waals surface area contributed by atoms with Crippen LogP contribution in [0.25, 0.3) is 22.0 Å². The van der Waals surface area contributed by atoms with Crippen molar-refractivity contribution in [3.8, 4) is 11.1 Å². The van der Waals surface area contributed by atoms with E-state index < -0.39 is 23.6 Å². The Labute approximate surface area is 202 Å². The topological polar surface area (TPSA) is 73.9 Å². The molecule has 0 saturated carbocycles. The molecule has 0 aliphatic carbocycles. The van der Waals surface area contributed by atoms with Gasteiger partial charge in [-0.05, 0) is 53.6 Å². The molecule has 0 spiro atoms. The fraction of sp³-hybridized carbons (Fsp3) is 0.240. The van der Waals surface area contributed by atoms with Gasteiger partial charge < -0.3 is 5.32 Å². The maximum Gasteiger partial charge on any atom is 0.416 e. The van der Waals surface area contributed by atoms with Gasteiger partial charge in [-0.3, -0.25) is 19.8 Å². The van der Waals surface area contributed by atoms with Gasteiger partial charge in [0.15, 0.2) is 5.69 Å². The number of aromatic nitrogens is 3. The van der Waals surface area contributed by atoms with E-state index in [0.717, 1.165) is 28.8 Å². The van der Waals surface area contributed by atoms with Crippen LogP contribution in [0.15, 0.2) is 60.9 Å². The molecule has 2 aromatic heterocycles. The lowest BCUT2D eigenvalue weighted by molar-refractivity contribution is -0.137. The molecule has 2 aromatic carbocycles. The lowest BCUT2D eigenvalue weighted by Gasteiger charge is -2.15. The number of fused-ring (bicyclic) bond motifs is 1. The summed E-state index contributed by atoms with van der Waals surface area (Å²) in [5, 5.41) is 9.93. The Bertz CT molecular complexity index is 1410. The molecule has 3 heterocycles. The van der Waals surface area contributed by atoms with E-state index in [1.807, 2.05) is 12.1 Å². The predicted molar refractivity (Wildman–Crippen MR) is 124 cm³/mol. The molecule has 6 nitrogen and oxygen atoms in total. The highest BCUT2D eigenvalue weighted by Crippen LogP contribution is 2.31. The van der Waals surface area contributed by atoms with Gasteiger partial charge in [0.05, 0.1) is 17.6 Å². The van der Waals surface area contributed by atoms with Crippen LogP contribution < -0.4 is 5.32 Å². The number of hydrogen-bond donors (Lipinski definition) is 2. The number of halogens is 5. The van der Waals surface area contributed by atoms with Crippen LogP contribution in [0.2, 0.25) is 0 Å². The Morgan fingerprint density at radius 1 is 1.06 bits per heavy atom. The molecule has 2 N–H and O–H groups in total. The normalized spacial score (nSPS) is 15.9. The Hall–Kier alpha value is -3.86. The zero-order valence-electron chi connectivity index (χ0n) is 18.7. The van der Waals surface area contributed by atoms with E-state index in [2.05, 4.69) is 20.5 Å². The second-order valence-corrected chi connectivity index (χ2v) is 8.76. The summed E-state index contributed by atoms with van der Waals surface area (Å²) in [6.07, 6.45) is -1.35. The standard InChI is InChI=1S/C25H20F5N5O/c26-24(27)7-8-35(14-24)13-15-9-17(12-31-11-15)16-1-6-21-20(10-16)22(34-33-21)23(36)32-19-4-2-18(3-5-19)25(28,29)30/h1-6,9-12H,7-8,13-14H2,(H,32,36)(H,33,34). The van der Waals surface area contributed by atoms with Gasteiger partial charge in [0, 0.05) is 48.5 Å². The Morgan fingerprint density at radius 2 is 1.83 bits per heavy atom. The van der Waals surface area contributed by atoms with Crippen LogP contribution in [-0.2, 0) is 12.7 Å². The summed E-state index contributed by atoms with van der Waals surface area (Å²) in [6.45, 7) is 0.385. The second kappa shape index (κ2) is 8.98. The molecule has 1 amide bonds. The number of nitrogens with one attached hydrogen (secondary N) is 2. The molecule has 4 aromatic rings. The van der Waals surface area contributed by atoms with Crippen LogP contribution in [0, 0.1) is 0 Å². The number of carbonyl (C=O) groups is 1. The van der Waals surface area contributed by atoms with Gasteiger partial charge in [-0.15, -0.1) is 0 Å². The third kappa shape index (κ3) is 5.06. The molecule has 186 valence electrons. The summed E-state index contributed by atoms with van der Waals surface area (Å²) in [7, 11) is 0. The molecule has 0 bridgehead atoms. The quantitative estimate of drug-likeness (QED) is 0.342. The number of nitrogens with zero attached hydrogens (tertiary/aromatic N) is 3. The maximum atomic E-state index is 13.5. The first-order chi connectivity index (χ1) is 17.1. The average Bonchev–Trinajstić information content (AvgIpc) is 3.41. The van der Waals surface area contributed by atoms with Crippen molar-refractivity contribution in [2.24, 2.45) is 0 Å². The van der Waals surface area contributed by atoms with Crippen LogP contribution in [0.3, 0.4) is 0 Å². The van der Waals surface area contributed by atoms with E-state index in [4.69, 9.17) is 0 Å². The van der Waals surface area contributed by atoms with Crippen molar-refractivity contribution < 1.29 is 26.7 Å². The molecular weight excluding hydrogens is 481 g/mol. The minimum absolute atomic E-state index is 0.0789. The highest BCUT2D eigenvalue weighted by molar-refractivity contribution is 6.11. The third-order valence-corrected chi connectivity index (χ3v) is 6.03. The monoisotopic (exact) mass is 501 g/mol. The minimum atomic E-state index is -4.47. The first-order valence-electron chi connectivity index (χ1n) is 11.1. The maximum absolute atomic E-state index is 13.5. The van der Waals surface area contributed by atoms with Gasteiger partial charge in [-0.2, -0.15) is 18.3 Å². The van der Waals surface area contributed by atoms with Crippen LogP contribution in [-0.4, -0.2) is 45.0 Å². The molecule has 0 radical (unpaired) electrons. The van der Waals surface area contributed by atoms with Gasteiger partial charge in [0.1, 0.15) is 0 Å². The summed E-state index contributed by atoms with van der Waals surface area (Å²) >= 11 is 0. The van der Waals surface area contributed by atoms with Gasteiger partial charge in [-0.25, -0.2) is 8.78 Å². The van der Waals surface area contributed by atoms with E-state index in [1.165, 1.54) is 12.1 Å².